The molecule has 0 N–H and O–H groups in total. The molecule has 0 saturated carbocycles. The van der Waals surface area contributed by atoms with E-state index >= 15 is 0 Å². The van der Waals surface area contributed by atoms with E-state index in [1.54, 1.807) is 30.3 Å². The molecule has 80 valence electrons. The minimum absolute atomic E-state index is 0.122. The molecule has 0 spiro atoms. The first kappa shape index (κ1) is 10.4. The van der Waals surface area contributed by atoms with Gasteiger partial charge >= 0.3 is 6.61 Å². The molecule has 0 unspecified atom stereocenters. The average molecular weight is 219 g/mol. The summed E-state index contributed by atoms with van der Waals surface area (Å²) >= 11 is 0. The van der Waals surface area contributed by atoms with Crippen LogP contribution >= 0.6 is 0 Å². The Labute approximate surface area is 90.7 Å². The predicted octanol–water partition coefficient (Wildman–Crippen LogP) is 3.31. The number of fused-ring (bicyclic) bond motifs is 1. The van der Waals surface area contributed by atoms with Crippen molar-refractivity contribution in [3.63, 3.8) is 0 Å². The van der Waals surface area contributed by atoms with Crippen LogP contribution in [0.15, 0.2) is 36.4 Å². The number of nitrogens with zero attached hydrogens (tertiary/aromatic N) is 1. The van der Waals surface area contributed by atoms with Gasteiger partial charge in [0.1, 0.15) is 5.75 Å². The summed E-state index contributed by atoms with van der Waals surface area (Å²) < 4.78 is 28.6. The van der Waals surface area contributed by atoms with Gasteiger partial charge in [0.05, 0.1) is 11.6 Å². The van der Waals surface area contributed by atoms with Gasteiger partial charge < -0.3 is 4.74 Å². The molecule has 2 aromatic carbocycles. The van der Waals surface area contributed by atoms with Crippen molar-refractivity contribution in [3.05, 3.63) is 42.0 Å². The fourth-order valence-corrected chi connectivity index (χ4v) is 1.52. The summed E-state index contributed by atoms with van der Waals surface area (Å²) in [6.45, 7) is -2.85. The largest absolute Gasteiger partial charge is 0.434 e. The molecular weight excluding hydrogens is 212 g/mol. The number of benzene rings is 2. The van der Waals surface area contributed by atoms with Crippen molar-refractivity contribution in [1.82, 2.24) is 0 Å². The quantitative estimate of drug-likeness (QED) is 0.776. The zero-order valence-corrected chi connectivity index (χ0v) is 8.15. The van der Waals surface area contributed by atoms with Crippen LogP contribution in [0.1, 0.15) is 5.56 Å². The third-order valence-corrected chi connectivity index (χ3v) is 2.19. The zero-order valence-electron chi connectivity index (χ0n) is 8.15. The lowest BCUT2D eigenvalue weighted by atomic mass is 10.1. The highest BCUT2D eigenvalue weighted by atomic mass is 19.3. The Hall–Kier alpha value is -2.15. The molecule has 4 heteroatoms. The second kappa shape index (κ2) is 4.15. The maximum atomic E-state index is 12.1. The Morgan fingerprint density at radius 3 is 2.69 bits per heavy atom. The van der Waals surface area contributed by atoms with Gasteiger partial charge in [-0.3, -0.25) is 0 Å². The fraction of sp³-hybridized carbons (Fsp3) is 0.0833. The number of rotatable bonds is 2. The molecule has 2 aromatic rings. The highest BCUT2D eigenvalue weighted by Crippen LogP contribution is 2.27. The number of hydrogen-bond acceptors (Lipinski definition) is 2. The SMILES string of the molecule is N#Cc1ccc2c(OC(F)F)cccc2c1. The van der Waals surface area contributed by atoms with E-state index in [4.69, 9.17) is 5.26 Å². The lowest BCUT2D eigenvalue weighted by Crippen LogP contribution is -2.02. The third kappa shape index (κ3) is 1.94. The molecule has 0 atom stereocenters. The van der Waals surface area contributed by atoms with Gasteiger partial charge in [-0.05, 0) is 29.7 Å². The Kier molecular flexibility index (Phi) is 2.69. The standard InChI is InChI=1S/C12H7F2NO/c13-12(14)16-11-3-1-2-9-6-8(7-15)4-5-10(9)11/h1-6,12H. The Morgan fingerprint density at radius 2 is 2.00 bits per heavy atom. The third-order valence-electron chi connectivity index (χ3n) is 2.19. The molecule has 0 saturated heterocycles. The first-order chi connectivity index (χ1) is 7.70. The fourth-order valence-electron chi connectivity index (χ4n) is 1.52. The van der Waals surface area contributed by atoms with Gasteiger partial charge in [0.15, 0.2) is 0 Å². The van der Waals surface area contributed by atoms with Gasteiger partial charge in [-0.25, -0.2) is 0 Å². The van der Waals surface area contributed by atoms with Crippen LogP contribution in [0, 0.1) is 11.3 Å². The molecule has 0 heterocycles. The van der Waals surface area contributed by atoms with Crippen molar-refractivity contribution in [2.45, 2.75) is 6.61 Å². The molecule has 0 amide bonds. The molecule has 16 heavy (non-hydrogen) atoms. The molecule has 0 aliphatic carbocycles. The van der Waals surface area contributed by atoms with Crippen molar-refractivity contribution in [3.8, 4) is 11.8 Å². The highest BCUT2D eigenvalue weighted by molar-refractivity contribution is 5.89. The Bertz CT molecular complexity index is 560. The molecule has 0 aliphatic rings. The van der Waals surface area contributed by atoms with Gasteiger partial charge in [-0.2, -0.15) is 14.0 Å². The zero-order chi connectivity index (χ0) is 11.5. The summed E-state index contributed by atoms with van der Waals surface area (Å²) in [6, 6.07) is 11.6. The number of hydrogen-bond donors (Lipinski definition) is 0. The highest BCUT2D eigenvalue weighted by Gasteiger charge is 2.08. The van der Waals surface area contributed by atoms with Crippen LogP contribution in [-0.4, -0.2) is 6.61 Å². The van der Waals surface area contributed by atoms with Gasteiger partial charge in [-0.1, -0.05) is 12.1 Å². The summed E-state index contributed by atoms with van der Waals surface area (Å²) in [6.07, 6.45) is 0. The predicted molar refractivity (Wildman–Crippen MR) is 55.3 cm³/mol. The second-order valence-electron chi connectivity index (χ2n) is 3.18. The van der Waals surface area contributed by atoms with E-state index in [2.05, 4.69) is 4.74 Å². The van der Waals surface area contributed by atoms with Crippen molar-refractivity contribution < 1.29 is 13.5 Å². The van der Waals surface area contributed by atoms with E-state index in [-0.39, 0.29) is 5.75 Å². The summed E-state index contributed by atoms with van der Waals surface area (Å²) in [4.78, 5) is 0. The van der Waals surface area contributed by atoms with Crippen molar-refractivity contribution in [1.29, 1.82) is 5.26 Å². The lowest BCUT2D eigenvalue weighted by Gasteiger charge is -2.07. The topological polar surface area (TPSA) is 33.0 Å². The maximum absolute atomic E-state index is 12.1. The van der Waals surface area contributed by atoms with Crippen LogP contribution in [0.2, 0.25) is 0 Å². The summed E-state index contributed by atoms with van der Waals surface area (Å²) in [5, 5.41) is 9.99. The number of halogens is 2. The molecule has 2 rings (SSSR count). The summed E-state index contributed by atoms with van der Waals surface area (Å²) in [7, 11) is 0. The van der Waals surface area contributed by atoms with Gasteiger partial charge in [-0.15, -0.1) is 0 Å². The number of nitriles is 1. The monoisotopic (exact) mass is 219 g/mol. The normalized spacial score (nSPS) is 10.4. The smallest absolute Gasteiger partial charge is 0.387 e. The van der Waals surface area contributed by atoms with Gasteiger partial charge in [0, 0.05) is 5.39 Å². The van der Waals surface area contributed by atoms with E-state index in [0.29, 0.717) is 16.3 Å². The maximum Gasteiger partial charge on any atom is 0.387 e. The van der Waals surface area contributed by atoms with Crippen molar-refractivity contribution in [2.24, 2.45) is 0 Å². The summed E-state index contributed by atoms with van der Waals surface area (Å²) in [5.74, 6) is 0.122. The molecular formula is C12H7F2NO. The van der Waals surface area contributed by atoms with Crippen LogP contribution < -0.4 is 4.74 Å². The van der Waals surface area contributed by atoms with Crippen LogP contribution in [0.3, 0.4) is 0 Å². The van der Waals surface area contributed by atoms with Crippen LogP contribution in [0.5, 0.6) is 5.75 Å². The van der Waals surface area contributed by atoms with E-state index in [0.717, 1.165) is 0 Å². The number of ether oxygens (including phenoxy) is 1. The van der Waals surface area contributed by atoms with Gasteiger partial charge in [0.25, 0.3) is 0 Å². The van der Waals surface area contributed by atoms with Crippen LogP contribution in [0.25, 0.3) is 10.8 Å². The van der Waals surface area contributed by atoms with Crippen molar-refractivity contribution >= 4 is 10.8 Å². The molecule has 0 aromatic heterocycles. The molecule has 0 fully saturated rings. The Balaban J connectivity index is 2.57. The molecule has 0 aliphatic heterocycles. The van der Waals surface area contributed by atoms with Crippen molar-refractivity contribution in [2.75, 3.05) is 0 Å². The second-order valence-corrected chi connectivity index (χ2v) is 3.18. The first-order valence-corrected chi connectivity index (χ1v) is 4.58. The first-order valence-electron chi connectivity index (χ1n) is 4.58. The van der Waals surface area contributed by atoms with Crippen LogP contribution in [-0.2, 0) is 0 Å². The number of alkyl halides is 2. The molecule has 0 bridgehead atoms. The molecule has 0 radical (unpaired) electrons. The summed E-state index contributed by atoms with van der Waals surface area (Å²) in [5.41, 5.74) is 0.488. The Morgan fingerprint density at radius 1 is 1.19 bits per heavy atom. The minimum atomic E-state index is -2.85. The van der Waals surface area contributed by atoms with E-state index in [9.17, 15) is 8.78 Å². The van der Waals surface area contributed by atoms with Crippen LogP contribution in [0.4, 0.5) is 8.78 Å². The van der Waals surface area contributed by atoms with E-state index in [1.165, 1.54) is 6.07 Å². The van der Waals surface area contributed by atoms with E-state index < -0.39 is 6.61 Å². The minimum Gasteiger partial charge on any atom is -0.434 e. The molecule has 2 nitrogen and oxygen atoms in total. The lowest BCUT2D eigenvalue weighted by molar-refractivity contribution is -0.0487. The average Bonchev–Trinajstić information content (AvgIpc) is 2.28. The van der Waals surface area contributed by atoms with Gasteiger partial charge in [0.2, 0.25) is 0 Å². The van der Waals surface area contributed by atoms with E-state index in [1.807, 2.05) is 6.07 Å².